The number of ether oxygens (including phenoxy) is 1. The molecule has 0 bridgehead atoms. The van der Waals surface area contributed by atoms with Gasteiger partial charge in [-0.15, -0.1) is 0 Å². The number of furan rings is 1. The van der Waals surface area contributed by atoms with Crippen molar-refractivity contribution in [2.24, 2.45) is 0 Å². The molecule has 1 aliphatic heterocycles. The van der Waals surface area contributed by atoms with Crippen LogP contribution in [0, 0.1) is 0 Å². The lowest BCUT2D eigenvalue weighted by molar-refractivity contribution is -0.128. The minimum Gasteiger partial charge on any atom is -0.480 e. The van der Waals surface area contributed by atoms with Crippen LogP contribution in [0.1, 0.15) is 17.7 Å². The first kappa shape index (κ1) is 15.4. The van der Waals surface area contributed by atoms with Crippen molar-refractivity contribution in [3.8, 4) is 17.0 Å². The van der Waals surface area contributed by atoms with E-state index >= 15 is 0 Å². The number of hydrogen-bond acceptors (Lipinski definition) is 5. The third kappa shape index (κ3) is 3.24. The Balaban J connectivity index is 1.44. The van der Waals surface area contributed by atoms with Gasteiger partial charge in [-0.2, -0.15) is 0 Å². The average Bonchev–Trinajstić information content (AvgIpc) is 3.20. The average molecular weight is 335 g/mol. The Bertz CT molecular complexity index is 877. The number of aryl methyl sites for hydroxylation is 1. The summed E-state index contributed by atoms with van der Waals surface area (Å²) in [5.41, 5.74) is 3.36. The first-order valence-electron chi connectivity index (χ1n) is 8.16. The fourth-order valence-corrected chi connectivity index (χ4v) is 2.93. The van der Waals surface area contributed by atoms with Crippen molar-refractivity contribution in [1.82, 2.24) is 15.3 Å². The second kappa shape index (κ2) is 6.76. The first-order chi connectivity index (χ1) is 12.3. The van der Waals surface area contributed by atoms with E-state index in [4.69, 9.17) is 9.15 Å². The summed E-state index contributed by atoms with van der Waals surface area (Å²) in [7, 11) is 0. The van der Waals surface area contributed by atoms with Crippen molar-refractivity contribution in [2.45, 2.75) is 25.5 Å². The summed E-state index contributed by atoms with van der Waals surface area (Å²) < 4.78 is 10.9. The molecule has 6 nitrogen and oxygen atoms in total. The summed E-state index contributed by atoms with van der Waals surface area (Å²) in [4.78, 5) is 21.1. The Kier molecular flexibility index (Phi) is 4.16. The van der Waals surface area contributed by atoms with Crippen LogP contribution in [0.15, 0.2) is 59.7 Å². The Morgan fingerprint density at radius 1 is 1.20 bits per heavy atom. The molecule has 2 aromatic heterocycles. The zero-order valence-corrected chi connectivity index (χ0v) is 13.5. The van der Waals surface area contributed by atoms with Gasteiger partial charge in [-0.05, 0) is 30.5 Å². The van der Waals surface area contributed by atoms with Crippen LogP contribution in [0.2, 0.25) is 0 Å². The van der Waals surface area contributed by atoms with Gasteiger partial charge in [-0.3, -0.25) is 14.8 Å². The van der Waals surface area contributed by atoms with Gasteiger partial charge < -0.3 is 14.5 Å². The number of nitrogens with one attached hydrogen (secondary N) is 1. The van der Waals surface area contributed by atoms with Crippen LogP contribution in [0.4, 0.5) is 0 Å². The number of nitrogens with zero attached hydrogens (tertiary/aromatic N) is 2. The summed E-state index contributed by atoms with van der Waals surface area (Å²) in [6.45, 7) is 0.286. The maximum atomic E-state index is 12.5. The molecular weight excluding hydrogens is 318 g/mol. The van der Waals surface area contributed by atoms with E-state index in [0.29, 0.717) is 17.8 Å². The Hall–Kier alpha value is -3.15. The third-order valence-electron chi connectivity index (χ3n) is 4.21. The molecule has 1 atom stereocenters. The van der Waals surface area contributed by atoms with Gasteiger partial charge in [0.05, 0.1) is 30.5 Å². The lowest BCUT2D eigenvalue weighted by atomic mass is 10.0. The molecule has 1 N–H and O–H groups in total. The van der Waals surface area contributed by atoms with Crippen LogP contribution in [-0.2, 0) is 17.8 Å². The standard InChI is InChI=1S/C19H17N3O3/c23-19(17-6-5-13-3-1-2-4-16(13)25-17)22-11-15-18(21-9-8-20-15)14-7-10-24-12-14/h1-4,7-10,12,17H,5-6,11H2,(H,22,23). The minimum absolute atomic E-state index is 0.140. The molecule has 0 fully saturated rings. The summed E-state index contributed by atoms with van der Waals surface area (Å²) in [5, 5.41) is 2.90. The van der Waals surface area contributed by atoms with Crippen molar-refractivity contribution in [3.05, 3.63) is 66.5 Å². The topological polar surface area (TPSA) is 77.3 Å². The first-order valence-corrected chi connectivity index (χ1v) is 8.16. The molecule has 25 heavy (non-hydrogen) atoms. The van der Waals surface area contributed by atoms with E-state index in [1.54, 1.807) is 24.9 Å². The van der Waals surface area contributed by atoms with Gasteiger partial charge in [0.25, 0.3) is 5.91 Å². The fourth-order valence-electron chi connectivity index (χ4n) is 2.93. The molecule has 1 amide bonds. The van der Waals surface area contributed by atoms with E-state index in [0.717, 1.165) is 23.3 Å². The largest absolute Gasteiger partial charge is 0.480 e. The van der Waals surface area contributed by atoms with Gasteiger partial charge in [0.15, 0.2) is 6.10 Å². The van der Waals surface area contributed by atoms with E-state index in [-0.39, 0.29) is 12.5 Å². The number of hydrogen-bond donors (Lipinski definition) is 1. The van der Waals surface area contributed by atoms with Gasteiger partial charge in [0.2, 0.25) is 0 Å². The van der Waals surface area contributed by atoms with Crippen LogP contribution >= 0.6 is 0 Å². The predicted octanol–water partition coefficient (Wildman–Crippen LogP) is 2.75. The third-order valence-corrected chi connectivity index (χ3v) is 4.21. The van der Waals surface area contributed by atoms with Crippen molar-refractivity contribution >= 4 is 5.91 Å². The maximum Gasteiger partial charge on any atom is 0.261 e. The number of benzene rings is 1. The van der Waals surface area contributed by atoms with Gasteiger partial charge >= 0.3 is 0 Å². The molecule has 1 aliphatic rings. The fraction of sp³-hybridized carbons (Fsp3) is 0.211. The molecule has 3 aromatic rings. The Morgan fingerprint density at radius 2 is 2.08 bits per heavy atom. The van der Waals surface area contributed by atoms with Crippen LogP contribution in [0.3, 0.4) is 0 Å². The number of carbonyl (C=O) groups is 1. The number of carbonyl (C=O) groups excluding carboxylic acids is 1. The second-order valence-corrected chi connectivity index (χ2v) is 5.83. The highest BCUT2D eigenvalue weighted by Crippen LogP contribution is 2.27. The molecule has 4 rings (SSSR count). The number of para-hydroxylation sites is 1. The van der Waals surface area contributed by atoms with E-state index in [1.807, 2.05) is 30.3 Å². The van der Waals surface area contributed by atoms with Crippen LogP contribution in [0.5, 0.6) is 5.75 Å². The van der Waals surface area contributed by atoms with Crippen LogP contribution in [0.25, 0.3) is 11.3 Å². The monoisotopic (exact) mass is 335 g/mol. The highest BCUT2D eigenvalue weighted by Gasteiger charge is 2.26. The lowest BCUT2D eigenvalue weighted by Crippen LogP contribution is -2.40. The molecular formula is C19H17N3O3. The molecule has 6 heteroatoms. The SMILES string of the molecule is O=C(NCc1nccnc1-c1ccoc1)C1CCc2ccccc2O1. The molecule has 0 aliphatic carbocycles. The quantitative estimate of drug-likeness (QED) is 0.793. The highest BCUT2D eigenvalue weighted by atomic mass is 16.5. The summed E-state index contributed by atoms with van der Waals surface area (Å²) >= 11 is 0. The van der Waals surface area contributed by atoms with Gasteiger partial charge in [0, 0.05) is 18.0 Å². The molecule has 0 spiro atoms. The van der Waals surface area contributed by atoms with Gasteiger partial charge in [-0.1, -0.05) is 18.2 Å². The molecule has 1 aromatic carbocycles. The highest BCUT2D eigenvalue weighted by molar-refractivity contribution is 5.81. The summed E-state index contributed by atoms with van der Waals surface area (Å²) in [6, 6.07) is 9.63. The van der Waals surface area contributed by atoms with Gasteiger partial charge in [0.1, 0.15) is 5.75 Å². The second-order valence-electron chi connectivity index (χ2n) is 5.83. The smallest absolute Gasteiger partial charge is 0.261 e. The zero-order valence-electron chi connectivity index (χ0n) is 13.5. The summed E-state index contributed by atoms with van der Waals surface area (Å²) in [6.07, 6.45) is 7.44. The van der Waals surface area contributed by atoms with Crippen LogP contribution < -0.4 is 10.1 Å². The van der Waals surface area contributed by atoms with E-state index < -0.39 is 6.10 Å². The van der Waals surface area contributed by atoms with Crippen molar-refractivity contribution < 1.29 is 13.9 Å². The van der Waals surface area contributed by atoms with Crippen molar-refractivity contribution in [2.75, 3.05) is 0 Å². The molecule has 0 saturated heterocycles. The molecule has 0 saturated carbocycles. The normalized spacial score (nSPS) is 15.9. The van der Waals surface area contributed by atoms with Gasteiger partial charge in [-0.25, -0.2) is 0 Å². The minimum atomic E-state index is -0.482. The Labute approximate surface area is 144 Å². The van der Waals surface area contributed by atoms with E-state index in [1.165, 1.54) is 0 Å². The van der Waals surface area contributed by atoms with E-state index in [9.17, 15) is 4.79 Å². The summed E-state index contributed by atoms with van der Waals surface area (Å²) in [5.74, 6) is 0.644. The number of rotatable bonds is 4. The molecule has 126 valence electrons. The maximum absolute atomic E-state index is 12.5. The van der Waals surface area contributed by atoms with Crippen molar-refractivity contribution in [1.29, 1.82) is 0 Å². The van der Waals surface area contributed by atoms with Crippen LogP contribution in [-0.4, -0.2) is 22.0 Å². The van der Waals surface area contributed by atoms with E-state index in [2.05, 4.69) is 15.3 Å². The molecule has 3 heterocycles. The number of amides is 1. The zero-order chi connectivity index (χ0) is 17.1. The lowest BCUT2D eigenvalue weighted by Gasteiger charge is -2.25. The number of aromatic nitrogens is 2. The molecule has 1 unspecified atom stereocenters. The predicted molar refractivity (Wildman–Crippen MR) is 90.8 cm³/mol. The van der Waals surface area contributed by atoms with Crippen molar-refractivity contribution in [3.63, 3.8) is 0 Å². The Morgan fingerprint density at radius 3 is 2.96 bits per heavy atom. The molecule has 0 radical (unpaired) electrons. The number of fused-ring (bicyclic) bond motifs is 1.